The Hall–Kier alpha value is -0.770. The van der Waals surface area contributed by atoms with Crippen LogP contribution in [0.5, 0.6) is 5.75 Å². The van der Waals surface area contributed by atoms with Gasteiger partial charge in [0.1, 0.15) is 5.75 Å². The Balaban J connectivity index is 3.25. The molecule has 0 amide bonds. The van der Waals surface area contributed by atoms with Crippen LogP contribution in [0.15, 0.2) is 12.1 Å². The molecule has 0 saturated heterocycles. The van der Waals surface area contributed by atoms with Crippen molar-refractivity contribution in [3.63, 3.8) is 0 Å². The van der Waals surface area contributed by atoms with Gasteiger partial charge in [0.15, 0.2) is 0 Å². The van der Waals surface area contributed by atoms with E-state index in [9.17, 15) is 0 Å². The van der Waals surface area contributed by atoms with Crippen LogP contribution in [-0.4, -0.2) is 13.7 Å². The second-order valence-electron chi connectivity index (χ2n) is 3.40. The van der Waals surface area contributed by atoms with E-state index in [1.165, 1.54) is 0 Å². The molecule has 0 aliphatic carbocycles. The summed E-state index contributed by atoms with van der Waals surface area (Å²) in [4.78, 5) is 0. The molecule has 15 heavy (non-hydrogen) atoms. The number of methoxy groups -OCH3 is 1. The molecule has 84 valence electrons. The lowest BCUT2D eigenvalue weighted by molar-refractivity contribution is 0.406. The van der Waals surface area contributed by atoms with Crippen molar-refractivity contribution in [2.45, 2.75) is 19.4 Å². The highest BCUT2D eigenvalue weighted by Crippen LogP contribution is 2.33. The van der Waals surface area contributed by atoms with Crippen molar-refractivity contribution in [1.29, 1.82) is 0 Å². The summed E-state index contributed by atoms with van der Waals surface area (Å²) >= 11 is 6.09. The van der Waals surface area contributed by atoms with E-state index < -0.39 is 0 Å². The number of nitrogens with two attached hydrogens (primary N) is 2. The van der Waals surface area contributed by atoms with Crippen LogP contribution in [-0.2, 0) is 6.42 Å². The van der Waals surface area contributed by atoms with Gasteiger partial charge in [-0.25, -0.2) is 0 Å². The fourth-order valence-corrected chi connectivity index (χ4v) is 1.82. The standard InChI is InChI=1S/C11H17ClN2O/c1-3-7-4-8(10(14)6-13)11(15-2)9(12)5-7/h4-5,10H,3,6,13-14H2,1-2H3. The number of hydrogen-bond acceptors (Lipinski definition) is 3. The van der Waals surface area contributed by atoms with Gasteiger partial charge in [-0.3, -0.25) is 0 Å². The van der Waals surface area contributed by atoms with Crippen LogP contribution < -0.4 is 16.2 Å². The third-order valence-electron chi connectivity index (χ3n) is 2.40. The van der Waals surface area contributed by atoms with Crippen molar-refractivity contribution in [1.82, 2.24) is 0 Å². The Kier molecular flexibility index (Phi) is 4.39. The summed E-state index contributed by atoms with van der Waals surface area (Å²) in [6, 6.07) is 3.67. The zero-order valence-corrected chi connectivity index (χ0v) is 9.84. The molecule has 0 radical (unpaired) electrons. The summed E-state index contributed by atoms with van der Waals surface area (Å²) in [5, 5.41) is 0.593. The van der Waals surface area contributed by atoms with E-state index in [4.69, 9.17) is 27.8 Å². The Morgan fingerprint density at radius 3 is 2.60 bits per heavy atom. The van der Waals surface area contributed by atoms with Gasteiger partial charge in [-0.05, 0) is 18.1 Å². The number of benzene rings is 1. The predicted molar refractivity (Wildman–Crippen MR) is 63.4 cm³/mol. The molecule has 0 saturated carbocycles. The van der Waals surface area contributed by atoms with Crippen molar-refractivity contribution < 1.29 is 4.74 Å². The number of rotatable bonds is 4. The van der Waals surface area contributed by atoms with Crippen molar-refractivity contribution in [2.24, 2.45) is 11.5 Å². The van der Waals surface area contributed by atoms with E-state index in [0.717, 1.165) is 17.5 Å². The van der Waals surface area contributed by atoms with Crippen LogP contribution in [0.2, 0.25) is 5.02 Å². The monoisotopic (exact) mass is 228 g/mol. The van der Waals surface area contributed by atoms with E-state index >= 15 is 0 Å². The summed E-state index contributed by atoms with van der Waals surface area (Å²) in [7, 11) is 1.58. The van der Waals surface area contributed by atoms with E-state index in [2.05, 4.69) is 6.92 Å². The van der Waals surface area contributed by atoms with Gasteiger partial charge < -0.3 is 16.2 Å². The normalized spacial score (nSPS) is 12.6. The fourth-order valence-electron chi connectivity index (χ4n) is 1.50. The first-order chi connectivity index (χ1) is 7.13. The second-order valence-corrected chi connectivity index (χ2v) is 3.80. The van der Waals surface area contributed by atoms with Gasteiger partial charge in [-0.15, -0.1) is 0 Å². The zero-order valence-electron chi connectivity index (χ0n) is 9.09. The molecule has 4 heteroatoms. The lowest BCUT2D eigenvalue weighted by Gasteiger charge is -2.16. The molecule has 0 heterocycles. The molecular formula is C11H17ClN2O. The lowest BCUT2D eigenvalue weighted by Crippen LogP contribution is -2.21. The minimum Gasteiger partial charge on any atom is -0.495 e. The first kappa shape index (κ1) is 12.3. The van der Waals surface area contributed by atoms with Crippen LogP contribution in [0, 0.1) is 0 Å². The summed E-state index contributed by atoms with van der Waals surface area (Å²) in [6.45, 7) is 2.44. The minimum absolute atomic E-state index is 0.232. The molecule has 1 unspecified atom stereocenters. The molecule has 1 atom stereocenters. The van der Waals surface area contributed by atoms with Gasteiger partial charge >= 0.3 is 0 Å². The molecular weight excluding hydrogens is 212 g/mol. The zero-order chi connectivity index (χ0) is 11.4. The molecule has 1 aromatic carbocycles. The van der Waals surface area contributed by atoms with Gasteiger partial charge in [-0.1, -0.05) is 24.6 Å². The first-order valence-electron chi connectivity index (χ1n) is 4.96. The van der Waals surface area contributed by atoms with Gasteiger partial charge in [0.2, 0.25) is 0 Å². The van der Waals surface area contributed by atoms with Crippen LogP contribution >= 0.6 is 11.6 Å². The van der Waals surface area contributed by atoms with Crippen molar-refractivity contribution >= 4 is 11.6 Å². The minimum atomic E-state index is -0.232. The maximum atomic E-state index is 6.09. The van der Waals surface area contributed by atoms with E-state index in [-0.39, 0.29) is 6.04 Å². The average Bonchev–Trinajstić information content (AvgIpc) is 2.26. The molecule has 4 N–H and O–H groups in total. The summed E-state index contributed by atoms with van der Waals surface area (Å²) in [5.74, 6) is 0.631. The largest absolute Gasteiger partial charge is 0.495 e. The molecule has 0 aromatic heterocycles. The molecule has 0 bridgehead atoms. The van der Waals surface area contributed by atoms with Gasteiger partial charge in [0.25, 0.3) is 0 Å². The average molecular weight is 229 g/mol. The number of aryl methyl sites for hydroxylation is 1. The second kappa shape index (κ2) is 5.35. The molecule has 1 rings (SSSR count). The third-order valence-corrected chi connectivity index (χ3v) is 2.68. The highest BCUT2D eigenvalue weighted by Gasteiger charge is 2.14. The van der Waals surface area contributed by atoms with E-state index in [1.54, 1.807) is 7.11 Å². The number of halogens is 1. The van der Waals surface area contributed by atoms with Crippen molar-refractivity contribution in [3.8, 4) is 5.75 Å². The number of hydrogen-bond donors (Lipinski definition) is 2. The molecule has 3 nitrogen and oxygen atoms in total. The third kappa shape index (κ3) is 2.62. The van der Waals surface area contributed by atoms with E-state index in [0.29, 0.717) is 17.3 Å². The quantitative estimate of drug-likeness (QED) is 0.827. The van der Waals surface area contributed by atoms with Crippen LogP contribution in [0.4, 0.5) is 0 Å². The maximum Gasteiger partial charge on any atom is 0.142 e. The maximum absolute atomic E-state index is 6.09. The van der Waals surface area contributed by atoms with Crippen LogP contribution in [0.25, 0.3) is 0 Å². The van der Waals surface area contributed by atoms with Crippen LogP contribution in [0.1, 0.15) is 24.1 Å². The molecule has 0 fully saturated rings. The highest BCUT2D eigenvalue weighted by atomic mass is 35.5. The first-order valence-corrected chi connectivity index (χ1v) is 5.33. The molecule has 0 aliphatic rings. The fraction of sp³-hybridized carbons (Fsp3) is 0.455. The number of ether oxygens (including phenoxy) is 1. The smallest absolute Gasteiger partial charge is 0.142 e. The van der Waals surface area contributed by atoms with E-state index in [1.807, 2.05) is 12.1 Å². The van der Waals surface area contributed by atoms with Crippen molar-refractivity contribution in [3.05, 3.63) is 28.3 Å². The summed E-state index contributed by atoms with van der Waals surface area (Å²) in [6.07, 6.45) is 0.911. The van der Waals surface area contributed by atoms with Gasteiger partial charge in [0.05, 0.1) is 12.1 Å². The van der Waals surface area contributed by atoms with Crippen LogP contribution in [0.3, 0.4) is 0 Å². The topological polar surface area (TPSA) is 61.3 Å². The Morgan fingerprint density at radius 1 is 1.47 bits per heavy atom. The predicted octanol–water partition coefficient (Wildman–Crippen LogP) is 1.87. The van der Waals surface area contributed by atoms with Crippen molar-refractivity contribution in [2.75, 3.05) is 13.7 Å². The highest BCUT2D eigenvalue weighted by molar-refractivity contribution is 6.32. The molecule has 0 spiro atoms. The Bertz CT molecular complexity index is 342. The lowest BCUT2D eigenvalue weighted by atomic mass is 10.0. The molecule has 1 aromatic rings. The Morgan fingerprint density at radius 2 is 2.13 bits per heavy atom. The SMILES string of the molecule is CCc1cc(Cl)c(OC)c(C(N)CN)c1. The van der Waals surface area contributed by atoms with Gasteiger partial charge in [-0.2, -0.15) is 0 Å². The summed E-state index contributed by atoms with van der Waals surface area (Å²) in [5.41, 5.74) is 13.5. The summed E-state index contributed by atoms with van der Waals surface area (Å²) < 4.78 is 5.23. The molecule has 0 aliphatic heterocycles. The van der Waals surface area contributed by atoms with Gasteiger partial charge in [0, 0.05) is 18.2 Å². The Labute approximate surface area is 95.4 Å².